The SMILES string of the molecule is COc1cccc(C(=O)NC2CCCC2CN)c1. The Hall–Kier alpha value is -1.55. The largest absolute Gasteiger partial charge is 0.497 e. The topological polar surface area (TPSA) is 64.3 Å². The zero-order valence-corrected chi connectivity index (χ0v) is 10.7. The summed E-state index contributed by atoms with van der Waals surface area (Å²) in [6.07, 6.45) is 3.28. The predicted molar refractivity (Wildman–Crippen MR) is 70.6 cm³/mol. The van der Waals surface area contributed by atoms with Gasteiger partial charge in [-0.1, -0.05) is 12.5 Å². The average Bonchev–Trinajstić information content (AvgIpc) is 2.86. The Morgan fingerprint density at radius 3 is 3.06 bits per heavy atom. The van der Waals surface area contributed by atoms with E-state index >= 15 is 0 Å². The number of rotatable bonds is 4. The molecule has 3 N–H and O–H groups in total. The number of nitrogens with one attached hydrogen (secondary N) is 1. The molecule has 4 heteroatoms. The molecule has 0 heterocycles. The lowest BCUT2D eigenvalue weighted by Gasteiger charge is -2.19. The highest BCUT2D eigenvalue weighted by molar-refractivity contribution is 5.94. The zero-order chi connectivity index (χ0) is 13.0. The summed E-state index contributed by atoms with van der Waals surface area (Å²) in [6.45, 7) is 0.642. The maximum Gasteiger partial charge on any atom is 0.251 e. The minimum Gasteiger partial charge on any atom is -0.497 e. The molecule has 4 nitrogen and oxygen atoms in total. The molecule has 98 valence electrons. The van der Waals surface area contributed by atoms with Gasteiger partial charge in [0, 0.05) is 11.6 Å². The minimum absolute atomic E-state index is 0.0424. The van der Waals surface area contributed by atoms with E-state index in [9.17, 15) is 4.79 Å². The smallest absolute Gasteiger partial charge is 0.251 e. The Morgan fingerprint density at radius 1 is 1.50 bits per heavy atom. The third kappa shape index (κ3) is 2.82. The molecule has 1 amide bonds. The Morgan fingerprint density at radius 2 is 2.33 bits per heavy atom. The standard InChI is InChI=1S/C14H20N2O2/c1-18-12-6-2-4-10(8-12)14(17)16-13-7-3-5-11(13)9-15/h2,4,6,8,11,13H,3,5,7,9,15H2,1H3,(H,16,17). The highest BCUT2D eigenvalue weighted by atomic mass is 16.5. The molecule has 0 bridgehead atoms. The van der Waals surface area contributed by atoms with E-state index in [-0.39, 0.29) is 11.9 Å². The molecule has 1 fully saturated rings. The first-order valence-electron chi connectivity index (χ1n) is 6.39. The summed E-state index contributed by atoms with van der Waals surface area (Å²) < 4.78 is 5.12. The Kier molecular flexibility index (Phi) is 4.20. The molecule has 0 spiro atoms. The number of carbonyl (C=O) groups excluding carboxylic acids is 1. The van der Waals surface area contributed by atoms with Gasteiger partial charge in [-0.25, -0.2) is 0 Å². The third-order valence-corrected chi connectivity index (χ3v) is 3.61. The van der Waals surface area contributed by atoms with E-state index in [1.807, 2.05) is 12.1 Å². The van der Waals surface area contributed by atoms with Crippen LogP contribution in [-0.4, -0.2) is 25.6 Å². The summed E-state index contributed by atoms with van der Waals surface area (Å²) in [5, 5.41) is 3.07. The molecule has 1 saturated carbocycles. The van der Waals surface area contributed by atoms with Crippen molar-refractivity contribution in [3.8, 4) is 5.75 Å². The number of methoxy groups -OCH3 is 1. The van der Waals surface area contributed by atoms with Crippen molar-refractivity contribution < 1.29 is 9.53 Å². The number of benzene rings is 1. The van der Waals surface area contributed by atoms with Gasteiger partial charge < -0.3 is 15.8 Å². The fraction of sp³-hybridized carbons (Fsp3) is 0.500. The quantitative estimate of drug-likeness (QED) is 0.849. The molecule has 2 unspecified atom stereocenters. The summed E-state index contributed by atoms with van der Waals surface area (Å²) in [5.74, 6) is 1.07. The lowest BCUT2D eigenvalue weighted by Crippen LogP contribution is -2.39. The van der Waals surface area contributed by atoms with Gasteiger partial charge in [0.1, 0.15) is 5.75 Å². The van der Waals surface area contributed by atoms with Crippen LogP contribution >= 0.6 is 0 Å². The summed E-state index contributed by atoms with van der Waals surface area (Å²) in [7, 11) is 1.60. The molecule has 1 aromatic carbocycles. The van der Waals surface area contributed by atoms with E-state index in [4.69, 9.17) is 10.5 Å². The van der Waals surface area contributed by atoms with Crippen molar-refractivity contribution in [2.45, 2.75) is 25.3 Å². The number of hydrogen-bond acceptors (Lipinski definition) is 3. The fourth-order valence-corrected chi connectivity index (χ4v) is 2.53. The van der Waals surface area contributed by atoms with Crippen LogP contribution in [0.15, 0.2) is 24.3 Å². The van der Waals surface area contributed by atoms with E-state index in [0.29, 0.717) is 23.8 Å². The van der Waals surface area contributed by atoms with Crippen LogP contribution in [0.4, 0.5) is 0 Å². The van der Waals surface area contributed by atoms with Gasteiger partial charge >= 0.3 is 0 Å². The van der Waals surface area contributed by atoms with Crippen molar-refractivity contribution in [3.63, 3.8) is 0 Å². The van der Waals surface area contributed by atoms with Crippen LogP contribution in [0.25, 0.3) is 0 Å². The second kappa shape index (κ2) is 5.87. The normalized spacial score (nSPS) is 22.8. The number of nitrogens with two attached hydrogens (primary N) is 1. The molecule has 2 rings (SSSR count). The van der Waals surface area contributed by atoms with Crippen molar-refractivity contribution in [2.24, 2.45) is 11.7 Å². The van der Waals surface area contributed by atoms with Gasteiger partial charge in [0.05, 0.1) is 7.11 Å². The summed E-state index contributed by atoms with van der Waals surface area (Å²) in [5.41, 5.74) is 6.35. The molecule has 0 aromatic heterocycles. The molecule has 0 saturated heterocycles. The first-order valence-corrected chi connectivity index (χ1v) is 6.39. The Labute approximate surface area is 108 Å². The first kappa shape index (κ1) is 12.9. The van der Waals surface area contributed by atoms with Crippen molar-refractivity contribution in [2.75, 3.05) is 13.7 Å². The summed E-state index contributed by atoms with van der Waals surface area (Å²) >= 11 is 0. The van der Waals surface area contributed by atoms with Crippen molar-refractivity contribution in [1.82, 2.24) is 5.32 Å². The lowest BCUT2D eigenvalue weighted by molar-refractivity contribution is 0.0928. The molecule has 1 aliphatic rings. The van der Waals surface area contributed by atoms with Gasteiger partial charge in [0.15, 0.2) is 0 Å². The van der Waals surface area contributed by atoms with Crippen LogP contribution in [0.2, 0.25) is 0 Å². The lowest BCUT2D eigenvalue weighted by atomic mass is 10.0. The number of hydrogen-bond donors (Lipinski definition) is 2. The summed E-state index contributed by atoms with van der Waals surface area (Å²) in [6, 6.07) is 7.41. The first-order chi connectivity index (χ1) is 8.74. The van der Waals surface area contributed by atoms with Gasteiger partial charge in [0.2, 0.25) is 0 Å². The van der Waals surface area contributed by atoms with E-state index in [2.05, 4.69) is 5.32 Å². The van der Waals surface area contributed by atoms with Gasteiger partial charge in [0.25, 0.3) is 5.91 Å². The monoisotopic (exact) mass is 248 g/mol. The van der Waals surface area contributed by atoms with E-state index < -0.39 is 0 Å². The van der Waals surface area contributed by atoms with Crippen LogP contribution in [0, 0.1) is 5.92 Å². The van der Waals surface area contributed by atoms with E-state index in [1.54, 1.807) is 19.2 Å². The predicted octanol–water partition coefficient (Wildman–Crippen LogP) is 1.55. The Balaban J connectivity index is 2.02. The van der Waals surface area contributed by atoms with Crippen LogP contribution in [0.3, 0.4) is 0 Å². The fourth-order valence-electron chi connectivity index (χ4n) is 2.53. The molecular weight excluding hydrogens is 228 g/mol. The number of carbonyl (C=O) groups is 1. The van der Waals surface area contributed by atoms with Gasteiger partial charge in [-0.05, 0) is 43.5 Å². The second-order valence-electron chi connectivity index (χ2n) is 4.74. The third-order valence-electron chi connectivity index (χ3n) is 3.61. The van der Waals surface area contributed by atoms with Crippen molar-refractivity contribution in [3.05, 3.63) is 29.8 Å². The van der Waals surface area contributed by atoms with Crippen molar-refractivity contribution >= 4 is 5.91 Å². The second-order valence-corrected chi connectivity index (χ2v) is 4.74. The summed E-state index contributed by atoms with van der Waals surface area (Å²) in [4.78, 5) is 12.1. The molecule has 0 radical (unpaired) electrons. The number of ether oxygens (including phenoxy) is 1. The minimum atomic E-state index is -0.0424. The van der Waals surface area contributed by atoms with E-state index in [1.165, 1.54) is 0 Å². The zero-order valence-electron chi connectivity index (χ0n) is 10.7. The van der Waals surface area contributed by atoms with Crippen LogP contribution < -0.4 is 15.8 Å². The molecule has 1 aromatic rings. The van der Waals surface area contributed by atoms with Gasteiger partial charge in [-0.3, -0.25) is 4.79 Å². The van der Waals surface area contributed by atoms with Crippen molar-refractivity contribution in [1.29, 1.82) is 0 Å². The Bertz CT molecular complexity index is 420. The maximum atomic E-state index is 12.1. The number of amides is 1. The molecular formula is C14H20N2O2. The highest BCUT2D eigenvalue weighted by Gasteiger charge is 2.27. The molecule has 0 aliphatic heterocycles. The van der Waals surface area contributed by atoms with Crippen LogP contribution in [0.5, 0.6) is 5.75 Å². The van der Waals surface area contributed by atoms with Crippen LogP contribution in [-0.2, 0) is 0 Å². The van der Waals surface area contributed by atoms with Gasteiger partial charge in [-0.2, -0.15) is 0 Å². The van der Waals surface area contributed by atoms with Crippen LogP contribution in [0.1, 0.15) is 29.6 Å². The average molecular weight is 248 g/mol. The molecule has 18 heavy (non-hydrogen) atoms. The molecule has 2 atom stereocenters. The van der Waals surface area contributed by atoms with Gasteiger partial charge in [-0.15, -0.1) is 0 Å². The molecule has 1 aliphatic carbocycles. The van der Waals surface area contributed by atoms with E-state index in [0.717, 1.165) is 19.3 Å². The maximum absolute atomic E-state index is 12.1. The highest BCUT2D eigenvalue weighted by Crippen LogP contribution is 2.25.